The predicted molar refractivity (Wildman–Crippen MR) is 71.2 cm³/mol. The highest BCUT2D eigenvalue weighted by Crippen LogP contribution is 2.29. The average Bonchev–Trinajstić information content (AvgIpc) is 2.83. The van der Waals surface area contributed by atoms with Gasteiger partial charge in [-0.05, 0) is 48.9 Å². The topological polar surface area (TPSA) is 60.8 Å². The molecule has 0 aromatic heterocycles. The van der Waals surface area contributed by atoms with Crippen LogP contribution in [0.5, 0.6) is 0 Å². The molecule has 2 N–H and O–H groups in total. The van der Waals surface area contributed by atoms with Gasteiger partial charge in [-0.3, -0.25) is 4.90 Å². The van der Waals surface area contributed by atoms with E-state index in [1.807, 2.05) is 6.07 Å². The van der Waals surface area contributed by atoms with Crippen molar-refractivity contribution >= 4 is 5.97 Å². The summed E-state index contributed by atoms with van der Waals surface area (Å²) < 4.78 is 0. The van der Waals surface area contributed by atoms with E-state index in [1.54, 1.807) is 12.1 Å². The zero-order chi connectivity index (χ0) is 13.4. The summed E-state index contributed by atoms with van der Waals surface area (Å²) >= 11 is 0. The number of rotatable bonds is 2. The van der Waals surface area contributed by atoms with Gasteiger partial charge >= 0.3 is 5.97 Å². The summed E-state index contributed by atoms with van der Waals surface area (Å²) in [6.45, 7) is 1.72. The maximum atomic E-state index is 11.0. The normalized spacial score (nSPS) is 27.2. The zero-order valence-electron chi connectivity index (χ0n) is 10.9. The molecule has 1 fully saturated rings. The van der Waals surface area contributed by atoms with Crippen LogP contribution in [0.2, 0.25) is 0 Å². The maximum absolute atomic E-state index is 11.0. The first-order valence-corrected chi connectivity index (χ1v) is 6.92. The van der Waals surface area contributed by atoms with Crippen LogP contribution in [-0.4, -0.2) is 39.8 Å². The largest absolute Gasteiger partial charge is 0.478 e. The Labute approximate surface area is 112 Å². The third kappa shape index (κ3) is 2.38. The smallest absolute Gasteiger partial charge is 0.335 e. The molecule has 4 heteroatoms. The van der Waals surface area contributed by atoms with Gasteiger partial charge in [0.25, 0.3) is 0 Å². The van der Waals surface area contributed by atoms with Crippen LogP contribution in [0.1, 0.15) is 40.7 Å². The standard InChI is InChI=1S/C15H19NO3/c17-14-3-1-2-13(14)16-7-6-10-4-5-11(15(18)19)8-12(10)9-16/h4-5,8,13-14,17H,1-3,6-7,9H2,(H,18,19). The molecular formula is C15H19NO3. The van der Waals surface area contributed by atoms with Gasteiger partial charge in [0.05, 0.1) is 11.7 Å². The van der Waals surface area contributed by atoms with E-state index >= 15 is 0 Å². The van der Waals surface area contributed by atoms with E-state index in [2.05, 4.69) is 4.90 Å². The second-order valence-electron chi connectivity index (χ2n) is 5.57. The number of carboxylic acid groups (broad SMARTS) is 1. The van der Waals surface area contributed by atoms with Crippen LogP contribution < -0.4 is 0 Å². The Hall–Kier alpha value is -1.39. The second-order valence-corrected chi connectivity index (χ2v) is 5.57. The van der Waals surface area contributed by atoms with E-state index in [1.165, 1.54) is 5.56 Å². The first-order chi connectivity index (χ1) is 9.15. The van der Waals surface area contributed by atoms with E-state index in [0.717, 1.165) is 44.3 Å². The molecule has 19 heavy (non-hydrogen) atoms. The summed E-state index contributed by atoms with van der Waals surface area (Å²) in [7, 11) is 0. The number of hydrogen-bond acceptors (Lipinski definition) is 3. The highest BCUT2D eigenvalue weighted by molar-refractivity contribution is 5.87. The molecule has 2 atom stereocenters. The molecule has 4 nitrogen and oxygen atoms in total. The third-order valence-corrected chi connectivity index (χ3v) is 4.41. The van der Waals surface area contributed by atoms with Crippen LogP contribution in [0, 0.1) is 0 Å². The predicted octanol–water partition coefficient (Wildman–Crippen LogP) is 1.66. The molecular weight excluding hydrogens is 242 g/mol. The monoisotopic (exact) mass is 261 g/mol. The summed E-state index contributed by atoms with van der Waals surface area (Å²) in [5.41, 5.74) is 2.70. The van der Waals surface area contributed by atoms with Crippen molar-refractivity contribution in [2.75, 3.05) is 6.54 Å². The molecule has 102 valence electrons. The number of aliphatic hydroxyl groups excluding tert-OH is 1. The number of carbonyl (C=O) groups is 1. The van der Waals surface area contributed by atoms with Crippen molar-refractivity contribution in [2.45, 2.75) is 44.4 Å². The molecule has 1 saturated carbocycles. The Morgan fingerprint density at radius 3 is 2.79 bits per heavy atom. The van der Waals surface area contributed by atoms with Crippen LogP contribution >= 0.6 is 0 Å². The fraction of sp³-hybridized carbons (Fsp3) is 0.533. The Bertz CT molecular complexity index is 500. The van der Waals surface area contributed by atoms with Crippen molar-refractivity contribution < 1.29 is 15.0 Å². The number of fused-ring (bicyclic) bond motifs is 1. The average molecular weight is 261 g/mol. The minimum Gasteiger partial charge on any atom is -0.478 e. The van der Waals surface area contributed by atoms with E-state index in [4.69, 9.17) is 5.11 Å². The van der Waals surface area contributed by atoms with Crippen molar-refractivity contribution in [3.63, 3.8) is 0 Å². The van der Waals surface area contributed by atoms with Gasteiger partial charge in [-0.25, -0.2) is 4.79 Å². The molecule has 2 unspecified atom stereocenters. The number of benzene rings is 1. The van der Waals surface area contributed by atoms with Gasteiger partial charge in [-0.15, -0.1) is 0 Å². The number of aliphatic hydroxyl groups is 1. The van der Waals surface area contributed by atoms with Crippen LogP contribution in [0.25, 0.3) is 0 Å². The van der Waals surface area contributed by atoms with Gasteiger partial charge in [0.1, 0.15) is 0 Å². The summed E-state index contributed by atoms with van der Waals surface area (Å²) in [6, 6.07) is 5.65. The van der Waals surface area contributed by atoms with Gasteiger partial charge in [0.2, 0.25) is 0 Å². The minimum absolute atomic E-state index is 0.218. The van der Waals surface area contributed by atoms with Crippen LogP contribution in [-0.2, 0) is 13.0 Å². The van der Waals surface area contributed by atoms with Crippen LogP contribution in [0.3, 0.4) is 0 Å². The quantitative estimate of drug-likeness (QED) is 0.850. The molecule has 1 heterocycles. The fourth-order valence-corrected chi connectivity index (χ4v) is 3.34. The van der Waals surface area contributed by atoms with E-state index < -0.39 is 5.97 Å². The minimum atomic E-state index is -0.874. The number of aromatic carboxylic acids is 1. The molecule has 1 aromatic rings. The molecule has 3 rings (SSSR count). The highest BCUT2D eigenvalue weighted by Gasteiger charge is 2.32. The molecule has 0 saturated heterocycles. The molecule has 1 aromatic carbocycles. The zero-order valence-corrected chi connectivity index (χ0v) is 10.9. The molecule has 1 aliphatic heterocycles. The summed E-state index contributed by atoms with van der Waals surface area (Å²) in [5, 5.41) is 19.0. The Morgan fingerprint density at radius 1 is 1.26 bits per heavy atom. The van der Waals surface area contributed by atoms with Crippen molar-refractivity contribution in [1.29, 1.82) is 0 Å². The Kier molecular flexibility index (Phi) is 3.29. The molecule has 0 spiro atoms. The van der Waals surface area contributed by atoms with Crippen molar-refractivity contribution in [2.24, 2.45) is 0 Å². The summed E-state index contributed by atoms with van der Waals surface area (Å²) in [6.07, 6.45) is 3.76. The van der Waals surface area contributed by atoms with E-state index in [9.17, 15) is 9.90 Å². The van der Waals surface area contributed by atoms with Crippen LogP contribution in [0.4, 0.5) is 0 Å². The Balaban J connectivity index is 1.82. The summed E-state index contributed by atoms with van der Waals surface area (Å²) in [5.74, 6) is -0.874. The fourth-order valence-electron chi connectivity index (χ4n) is 3.34. The lowest BCUT2D eigenvalue weighted by Crippen LogP contribution is -2.43. The number of nitrogens with zero attached hydrogens (tertiary/aromatic N) is 1. The van der Waals surface area contributed by atoms with Gasteiger partial charge in [0.15, 0.2) is 0 Å². The lowest BCUT2D eigenvalue weighted by molar-refractivity contribution is 0.0622. The van der Waals surface area contributed by atoms with Crippen molar-refractivity contribution in [3.05, 3.63) is 34.9 Å². The van der Waals surface area contributed by atoms with Gasteiger partial charge < -0.3 is 10.2 Å². The first-order valence-electron chi connectivity index (χ1n) is 6.92. The SMILES string of the molecule is O=C(O)c1ccc2c(c1)CN(C1CCCC1O)CC2. The van der Waals surface area contributed by atoms with Crippen LogP contribution in [0.15, 0.2) is 18.2 Å². The lowest BCUT2D eigenvalue weighted by Gasteiger charge is -2.35. The van der Waals surface area contributed by atoms with E-state index in [0.29, 0.717) is 5.56 Å². The lowest BCUT2D eigenvalue weighted by atomic mass is 9.96. The second kappa shape index (κ2) is 4.94. The molecule has 0 radical (unpaired) electrons. The number of carboxylic acids is 1. The third-order valence-electron chi connectivity index (χ3n) is 4.41. The number of hydrogen-bond donors (Lipinski definition) is 2. The van der Waals surface area contributed by atoms with Gasteiger partial charge in [-0.1, -0.05) is 6.07 Å². The van der Waals surface area contributed by atoms with Crippen molar-refractivity contribution in [3.8, 4) is 0 Å². The Morgan fingerprint density at radius 2 is 2.11 bits per heavy atom. The molecule has 0 bridgehead atoms. The summed E-state index contributed by atoms with van der Waals surface area (Å²) in [4.78, 5) is 13.3. The molecule has 2 aliphatic rings. The molecule has 1 aliphatic carbocycles. The molecule has 0 amide bonds. The van der Waals surface area contributed by atoms with E-state index in [-0.39, 0.29) is 12.1 Å². The van der Waals surface area contributed by atoms with Gasteiger partial charge in [-0.2, -0.15) is 0 Å². The maximum Gasteiger partial charge on any atom is 0.335 e. The highest BCUT2D eigenvalue weighted by atomic mass is 16.4. The van der Waals surface area contributed by atoms with Gasteiger partial charge in [0, 0.05) is 19.1 Å². The van der Waals surface area contributed by atoms with Crippen molar-refractivity contribution in [1.82, 2.24) is 4.90 Å². The first kappa shape index (κ1) is 12.6.